The van der Waals surface area contributed by atoms with Crippen LogP contribution in [-0.4, -0.2) is 52.0 Å². The molecule has 1 aliphatic heterocycles. The summed E-state index contributed by atoms with van der Waals surface area (Å²) in [6, 6.07) is -0.655. The Morgan fingerprint density at radius 1 is 1.44 bits per heavy atom. The third-order valence-corrected chi connectivity index (χ3v) is 3.58. The highest BCUT2D eigenvalue weighted by Crippen LogP contribution is 2.18. The zero-order valence-electron chi connectivity index (χ0n) is 10.3. The fourth-order valence-electron chi connectivity index (χ4n) is 1.85. The van der Waals surface area contributed by atoms with Gasteiger partial charge < -0.3 is 15.3 Å². The topological polar surface area (TPSA) is 86.7 Å². The van der Waals surface area contributed by atoms with E-state index in [4.69, 9.17) is 5.11 Å². The van der Waals surface area contributed by atoms with Gasteiger partial charge in [0.1, 0.15) is 6.04 Å². The van der Waals surface area contributed by atoms with Crippen LogP contribution >= 0.6 is 11.8 Å². The largest absolute Gasteiger partial charge is 0.480 e. The van der Waals surface area contributed by atoms with Crippen molar-refractivity contribution in [1.29, 1.82) is 0 Å². The summed E-state index contributed by atoms with van der Waals surface area (Å²) in [6.07, 6.45) is 1.61. The third-order valence-electron chi connectivity index (χ3n) is 2.74. The van der Waals surface area contributed by atoms with Crippen LogP contribution in [0.1, 0.15) is 26.2 Å². The molecule has 2 N–H and O–H groups in total. The molecule has 0 spiro atoms. The molecule has 1 aliphatic rings. The van der Waals surface area contributed by atoms with E-state index >= 15 is 0 Å². The molecule has 1 rings (SSSR count). The number of likely N-dealkylation sites (tertiary alicyclic amines) is 1. The van der Waals surface area contributed by atoms with Crippen LogP contribution in [0.5, 0.6) is 0 Å². The van der Waals surface area contributed by atoms with Crippen molar-refractivity contribution in [3.8, 4) is 0 Å². The lowest BCUT2D eigenvalue weighted by molar-refractivity contribution is -0.148. The molecule has 102 valence electrons. The van der Waals surface area contributed by atoms with Crippen LogP contribution in [0.3, 0.4) is 0 Å². The van der Waals surface area contributed by atoms with Crippen molar-refractivity contribution in [2.45, 2.75) is 32.2 Å². The number of carbonyl (C=O) groups excluding carboxylic acids is 2. The predicted molar refractivity (Wildman–Crippen MR) is 68.1 cm³/mol. The van der Waals surface area contributed by atoms with Gasteiger partial charge in [-0.15, -0.1) is 11.8 Å². The number of amides is 2. The molecule has 7 heteroatoms. The first-order valence-corrected chi connectivity index (χ1v) is 7.02. The lowest BCUT2D eigenvalue weighted by Crippen LogP contribution is -2.40. The highest BCUT2D eigenvalue weighted by Gasteiger charge is 2.33. The van der Waals surface area contributed by atoms with Crippen LogP contribution in [-0.2, 0) is 14.4 Å². The van der Waals surface area contributed by atoms with E-state index in [-0.39, 0.29) is 11.8 Å². The van der Waals surface area contributed by atoms with Crippen molar-refractivity contribution in [3.63, 3.8) is 0 Å². The van der Waals surface area contributed by atoms with E-state index in [1.807, 2.05) is 0 Å². The normalized spacial score (nSPS) is 18.7. The molecule has 0 radical (unpaired) electrons. The lowest BCUT2D eigenvalue weighted by Gasteiger charge is -2.21. The van der Waals surface area contributed by atoms with E-state index < -0.39 is 12.0 Å². The minimum Gasteiger partial charge on any atom is -0.480 e. The van der Waals surface area contributed by atoms with E-state index in [1.54, 1.807) is 0 Å². The highest BCUT2D eigenvalue weighted by atomic mass is 32.2. The van der Waals surface area contributed by atoms with Gasteiger partial charge >= 0.3 is 5.97 Å². The minimum atomic E-state index is -0.924. The quantitative estimate of drug-likeness (QED) is 0.536. The van der Waals surface area contributed by atoms with E-state index in [0.29, 0.717) is 31.0 Å². The molecule has 0 saturated carbocycles. The van der Waals surface area contributed by atoms with Crippen LogP contribution in [0.4, 0.5) is 0 Å². The van der Waals surface area contributed by atoms with Gasteiger partial charge in [0.2, 0.25) is 11.8 Å². The summed E-state index contributed by atoms with van der Waals surface area (Å²) in [7, 11) is 0. The average Bonchev–Trinajstić information content (AvgIpc) is 2.76. The van der Waals surface area contributed by atoms with Gasteiger partial charge in [-0.1, -0.05) is 0 Å². The molecule has 1 heterocycles. The summed E-state index contributed by atoms with van der Waals surface area (Å²) in [5.41, 5.74) is 0. The van der Waals surface area contributed by atoms with Crippen molar-refractivity contribution in [2.24, 2.45) is 0 Å². The molecule has 6 nitrogen and oxygen atoms in total. The SMILES string of the molecule is CC(=O)NCSCCC(=O)N1CCC[C@H]1C(=O)O. The third kappa shape index (κ3) is 4.56. The van der Waals surface area contributed by atoms with E-state index in [2.05, 4.69) is 5.32 Å². The standard InChI is InChI=1S/C11H18N2O4S/c1-8(14)12-7-18-6-4-10(15)13-5-2-3-9(13)11(16)17/h9H,2-7H2,1H3,(H,12,14)(H,16,17)/t9-/m0/s1. The predicted octanol–water partition coefficient (Wildman–Crippen LogP) is 0.279. The van der Waals surface area contributed by atoms with Gasteiger partial charge in [-0.3, -0.25) is 9.59 Å². The number of rotatable bonds is 6. The first-order chi connectivity index (χ1) is 8.52. The summed E-state index contributed by atoms with van der Waals surface area (Å²) in [6.45, 7) is 1.97. The molecule has 0 aliphatic carbocycles. The Balaban J connectivity index is 2.24. The second-order valence-electron chi connectivity index (χ2n) is 4.12. The summed E-state index contributed by atoms with van der Waals surface area (Å²) in [5.74, 6) is -0.0753. The molecule has 0 aromatic rings. The second kappa shape index (κ2) is 7.25. The van der Waals surface area contributed by atoms with E-state index in [1.165, 1.54) is 23.6 Å². The van der Waals surface area contributed by atoms with Crippen LogP contribution in [0.25, 0.3) is 0 Å². The summed E-state index contributed by atoms with van der Waals surface area (Å²) in [4.78, 5) is 34.8. The minimum absolute atomic E-state index is 0.0979. The molecule has 0 aromatic carbocycles. The van der Waals surface area contributed by atoms with Crippen molar-refractivity contribution < 1.29 is 19.5 Å². The Morgan fingerprint density at radius 3 is 2.78 bits per heavy atom. The molecular formula is C11H18N2O4S. The lowest BCUT2D eigenvalue weighted by atomic mass is 10.2. The molecule has 1 atom stereocenters. The number of hydrogen-bond acceptors (Lipinski definition) is 4. The van der Waals surface area contributed by atoms with Gasteiger partial charge in [0, 0.05) is 25.6 Å². The van der Waals surface area contributed by atoms with Gasteiger partial charge in [0.25, 0.3) is 0 Å². The summed E-state index contributed by atoms with van der Waals surface area (Å²) in [5, 5.41) is 11.6. The highest BCUT2D eigenvalue weighted by molar-refractivity contribution is 7.99. The second-order valence-corrected chi connectivity index (χ2v) is 5.22. The number of nitrogens with zero attached hydrogens (tertiary/aromatic N) is 1. The van der Waals surface area contributed by atoms with Crippen LogP contribution in [0.2, 0.25) is 0 Å². The number of carbonyl (C=O) groups is 3. The number of aliphatic carboxylic acids is 1. The zero-order valence-corrected chi connectivity index (χ0v) is 11.2. The van der Waals surface area contributed by atoms with Crippen molar-refractivity contribution in [3.05, 3.63) is 0 Å². The molecule has 18 heavy (non-hydrogen) atoms. The van der Waals surface area contributed by atoms with Crippen LogP contribution in [0, 0.1) is 0 Å². The molecule has 0 aromatic heterocycles. The fourth-order valence-corrected chi connectivity index (χ4v) is 2.62. The van der Waals surface area contributed by atoms with Gasteiger partial charge in [0.15, 0.2) is 0 Å². The Labute approximate surface area is 110 Å². The molecular weight excluding hydrogens is 256 g/mol. The summed E-state index contributed by atoms with van der Waals surface area (Å²) < 4.78 is 0. The maximum atomic E-state index is 11.8. The van der Waals surface area contributed by atoms with Crippen molar-refractivity contribution >= 4 is 29.5 Å². The number of thioether (sulfide) groups is 1. The molecule has 1 saturated heterocycles. The van der Waals surface area contributed by atoms with E-state index in [0.717, 1.165) is 6.42 Å². The number of nitrogens with one attached hydrogen (secondary N) is 1. The Kier molecular flexibility index (Phi) is 5.97. The van der Waals surface area contributed by atoms with Gasteiger partial charge in [-0.05, 0) is 12.8 Å². The number of carboxylic acid groups (broad SMARTS) is 1. The Morgan fingerprint density at radius 2 is 2.17 bits per heavy atom. The molecule has 2 amide bonds. The van der Waals surface area contributed by atoms with Gasteiger partial charge in [0.05, 0.1) is 5.88 Å². The monoisotopic (exact) mass is 274 g/mol. The molecule has 0 unspecified atom stereocenters. The maximum Gasteiger partial charge on any atom is 0.326 e. The van der Waals surface area contributed by atoms with E-state index in [9.17, 15) is 14.4 Å². The Hall–Kier alpha value is -1.24. The first-order valence-electron chi connectivity index (χ1n) is 5.87. The Bertz CT molecular complexity index is 335. The number of hydrogen-bond donors (Lipinski definition) is 2. The van der Waals surface area contributed by atoms with Crippen LogP contribution in [0.15, 0.2) is 0 Å². The van der Waals surface area contributed by atoms with Crippen molar-refractivity contribution in [1.82, 2.24) is 10.2 Å². The fraction of sp³-hybridized carbons (Fsp3) is 0.727. The summed E-state index contributed by atoms with van der Waals surface area (Å²) >= 11 is 1.45. The van der Waals surface area contributed by atoms with Gasteiger partial charge in [-0.25, -0.2) is 4.79 Å². The van der Waals surface area contributed by atoms with Crippen LogP contribution < -0.4 is 5.32 Å². The molecule has 0 bridgehead atoms. The zero-order chi connectivity index (χ0) is 13.5. The number of carboxylic acids is 1. The smallest absolute Gasteiger partial charge is 0.326 e. The van der Waals surface area contributed by atoms with Gasteiger partial charge in [-0.2, -0.15) is 0 Å². The average molecular weight is 274 g/mol. The maximum absolute atomic E-state index is 11.8. The first kappa shape index (κ1) is 14.8. The van der Waals surface area contributed by atoms with Crippen molar-refractivity contribution in [2.75, 3.05) is 18.2 Å². The molecule has 1 fully saturated rings.